The van der Waals surface area contributed by atoms with Gasteiger partial charge in [-0.15, -0.1) is 0 Å². The smallest absolute Gasteiger partial charge is 0.187 e. The van der Waals surface area contributed by atoms with Gasteiger partial charge in [0.2, 0.25) is 0 Å². The summed E-state index contributed by atoms with van der Waals surface area (Å²) in [5, 5.41) is 3.05. The first kappa shape index (κ1) is 14.0. The van der Waals surface area contributed by atoms with Crippen LogP contribution in [0.5, 0.6) is 0 Å². The monoisotopic (exact) mass is 269 g/mol. The van der Waals surface area contributed by atoms with Gasteiger partial charge in [0.25, 0.3) is 0 Å². The quantitative estimate of drug-likeness (QED) is 0.664. The molecule has 3 heteroatoms. The van der Waals surface area contributed by atoms with Crippen LogP contribution in [0.3, 0.4) is 0 Å². The summed E-state index contributed by atoms with van der Waals surface area (Å²) in [7, 11) is 0. The highest BCUT2D eigenvalue weighted by atomic mass is 19.1. The highest BCUT2D eigenvalue weighted by Gasteiger charge is 2.01. The fourth-order valence-corrected chi connectivity index (χ4v) is 1.76. The van der Waals surface area contributed by atoms with E-state index in [4.69, 9.17) is 0 Å². The minimum Gasteiger partial charge on any atom is -0.362 e. The zero-order valence-electron chi connectivity index (χ0n) is 11.5. The molecule has 0 unspecified atom stereocenters. The van der Waals surface area contributed by atoms with E-state index in [0.717, 1.165) is 5.69 Å². The van der Waals surface area contributed by atoms with Crippen molar-refractivity contribution >= 4 is 11.5 Å². The van der Waals surface area contributed by atoms with Crippen molar-refractivity contribution in [3.63, 3.8) is 0 Å². The lowest BCUT2D eigenvalue weighted by atomic mass is 10.1. The average Bonchev–Trinajstić information content (AvgIpc) is 2.43. The fourth-order valence-electron chi connectivity index (χ4n) is 1.76. The molecule has 0 aliphatic heterocycles. The first-order valence-electron chi connectivity index (χ1n) is 6.36. The van der Waals surface area contributed by atoms with E-state index < -0.39 is 0 Å². The first-order chi connectivity index (χ1) is 9.56. The molecule has 2 aromatic carbocycles. The number of carbonyl (C=O) groups is 1. The summed E-state index contributed by atoms with van der Waals surface area (Å²) in [5.74, 6) is -0.514. The number of allylic oxidation sites excluding steroid dienone is 1. The second-order valence-electron chi connectivity index (χ2n) is 4.65. The average molecular weight is 269 g/mol. The molecule has 0 saturated heterocycles. The van der Waals surface area contributed by atoms with Gasteiger partial charge in [-0.25, -0.2) is 4.39 Å². The van der Waals surface area contributed by atoms with E-state index in [1.807, 2.05) is 32.0 Å². The van der Waals surface area contributed by atoms with Crippen molar-refractivity contribution in [3.8, 4) is 0 Å². The topological polar surface area (TPSA) is 29.1 Å². The van der Waals surface area contributed by atoms with Crippen LogP contribution in [-0.2, 0) is 0 Å². The van der Waals surface area contributed by atoms with E-state index in [2.05, 4.69) is 5.32 Å². The molecule has 0 fully saturated rings. The maximum absolute atomic E-state index is 12.8. The molecule has 0 spiro atoms. The SMILES string of the molecule is Cc1ccc(N/C=C/C(=O)c2ccc(F)cc2)cc1C. The molecule has 2 nitrogen and oxygen atoms in total. The van der Waals surface area contributed by atoms with Crippen molar-refractivity contribution in [2.24, 2.45) is 0 Å². The van der Waals surface area contributed by atoms with E-state index in [9.17, 15) is 9.18 Å². The maximum Gasteiger partial charge on any atom is 0.187 e. The second kappa shape index (κ2) is 6.15. The molecule has 0 saturated carbocycles. The van der Waals surface area contributed by atoms with Crippen LogP contribution in [0.1, 0.15) is 21.5 Å². The summed E-state index contributed by atoms with van der Waals surface area (Å²) < 4.78 is 12.8. The second-order valence-corrected chi connectivity index (χ2v) is 4.65. The molecular weight excluding hydrogens is 253 g/mol. The lowest BCUT2D eigenvalue weighted by molar-refractivity contribution is 0.104. The highest BCUT2D eigenvalue weighted by molar-refractivity contribution is 6.04. The minimum atomic E-state index is -0.348. The van der Waals surface area contributed by atoms with Gasteiger partial charge in [0.1, 0.15) is 5.82 Å². The third-order valence-electron chi connectivity index (χ3n) is 3.12. The Morgan fingerprint density at radius 3 is 2.40 bits per heavy atom. The molecule has 102 valence electrons. The van der Waals surface area contributed by atoms with Crippen molar-refractivity contribution in [3.05, 3.63) is 77.2 Å². The number of nitrogens with one attached hydrogen (secondary N) is 1. The molecule has 1 N–H and O–H groups in total. The molecule has 2 rings (SSSR count). The van der Waals surface area contributed by atoms with E-state index in [0.29, 0.717) is 5.56 Å². The number of halogens is 1. The Labute approximate surface area is 118 Å². The Hall–Kier alpha value is -2.42. The predicted octanol–water partition coefficient (Wildman–Crippen LogP) is 4.25. The Balaban J connectivity index is 2.00. The van der Waals surface area contributed by atoms with E-state index in [-0.39, 0.29) is 11.6 Å². The van der Waals surface area contributed by atoms with Crippen molar-refractivity contribution in [1.82, 2.24) is 0 Å². The van der Waals surface area contributed by atoms with E-state index in [1.54, 1.807) is 6.20 Å². The Bertz CT molecular complexity index is 645. The van der Waals surface area contributed by atoms with E-state index in [1.165, 1.54) is 41.5 Å². The maximum atomic E-state index is 12.8. The molecule has 0 atom stereocenters. The number of benzene rings is 2. The van der Waals surface area contributed by atoms with Gasteiger partial charge in [0.15, 0.2) is 5.78 Å². The normalized spacial score (nSPS) is 10.8. The van der Waals surface area contributed by atoms with Crippen molar-refractivity contribution in [2.45, 2.75) is 13.8 Å². The molecule has 0 aliphatic carbocycles. The molecule has 0 amide bonds. The molecule has 0 aromatic heterocycles. The molecule has 0 heterocycles. The van der Waals surface area contributed by atoms with Gasteiger partial charge in [-0.1, -0.05) is 6.07 Å². The van der Waals surface area contributed by atoms with Crippen molar-refractivity contribution in [1.29, 1.82) is 0 Å². The molecule has 0 bridgehead atoms. The van der Waals surface area contributed by atoms with Crippen LogP contribution >= 0.6 is 0 Å². The largest absolute Gasteiger partial charge is 0.362 e. The Morgan fingerprint density at radius 1 is 1.05 bits per heavy atom. The Kier molecular flexibility index (Phi) is 4.31. The standard InChI is InChI=1S/C17H16FNO/c1-12-3-8-16(11-13(12)2)19-10-9-17(20)14-4-6-15(18)7-5-14/h3-11,19H,1-2H3/b10-9+. The number of carbonyl (C=O) groups excluding carboxylic acids is 1. The van der Waals surface area contributed by atoms with Gasteiger partial charge in [-0.3, -0.25) is 4.79 Å². The summed E-state index contributed by atoms with van der Waals surface area (Å²) in [6.07, 6.45) is 3.03. The molecule has 2 aromatic rings. The van der Waals surface area contributed by atoms with Crippen LogP contribution in [0, 0.1) is 19.7 Å². The van der Waals surface area contributed by atoms with Crippen LogP contribution < -0.4 is 5.32 Å². The minimum absolute atomic E-state index is 0.165. The number of hydrogen-bond acceptors (Lipinski definition) is 2. The summed E-state index contributed by atoms with van der Waals surface area (Å²) in [6.45, 7) is 4.08. The van der Waals surface area contributed by atoms with Gasteiger partial charge >= 0.3 is 0 Å². The lowest BCUT2D eigenvalue weighted by Crippen LogP contribution is -1.96. The molecule has 20 heavy (non-hydrogen) atoms. The molecule has 0 aliphatic rings. The predicted molar refractivity (Wildman–Crippen MR) is 79.4 cm³/mol. The molecular formula is C17H16FNO. The van der Waals surface area contributed by atoms with Crippen LogP contribution in [0.2, 0.25) is 0 Å². The summed E-state index contributed by atoms with van der Waals surface area (Å²) in [5.41, 5.74) is 3.80. The van der Waals surface area contributed by atoms with Crippen LogP contribution in [0.4, 0.5) is 10.1 Å². The van der Waals surface area contributed by atoms with Crippen LogP contribution in [0.25, 0.3) is 0 Å². The van der Waals surface area contributed by atoms with Crippen molar-refractivity contribution < 1.29 is 9.18 Å². The van der Waals surface area contributed by atoms with Gasteiger partial charge in [-0.05, 0) is 61.4 Å². The third kappa shape index (κ3) is 3.54. The fraction of sp³-hybridized carbons (Fsp3) is 0.118. The summed E-state index contributed by atoms with van der Waals surface area (Å²) in [6, 6.07) is 11.5. The Morgan fingerprint density at radius 2 is 1.75 bits per heavy atom. The molecule has 0 radical (unpaired) electrons. The van der Waals surface area contributed by atoms with Crippen LogP contribution in [-0.4, -0.2) is 5.78 Å². The number of aryl methyl sites for hydroxylation is 2. The van der Waals surface area contributed by atoms with Crippen molar-refractivity contribution in [2.75, 3.05) is 5.32 Å². The highest BCUT2D eigenvalue weighted by Crippen LogP contribution is 2.14. The number of rotatable bonds is 4. The van der Waals surface area contributed by atoms with E-state index >= 15 is 0 Å². The summed E-state index contributed by atoms with van der Waals surface area (Å²) in [4.78, 5) is 11.8. The van der Waals surface area contributed by atoms with Gasteiger partial charge in [-0.2, -0.15) is 0 Å². The van der Waals surface area contributed by atoms with Gasteiger partial charge < -0.3 is 5.32 Å². The van der Waals surface area contributed by atoms with Gasteiger partial charge in [0.05, 0.1) is 0 Å². The lowest BCUT2D eigenvalue weighted by Gasteiger charge is -2.04. The summed E-state index contributed by atoms with van der Waals surface area (Å²) >= 11 is 0. The number of anilines is 1. The number of ketones is 1. The van der Waals surface area contributed by atoms with Gasteiger partial charge in [0, 0.05) is 23.5 Å². The number of hydrogen-bond donors (Lipinski definition) is 1. The first-order valence-corrected chi connectivity index (χ1v) is 6.36. The zero-order valence-corrected chi connectivity index (χ0v) is 11.5. The third-order valence-corrected chi connectivity index (χ3v) is 3.12. The zero-order chi connectivity index (χ0) is 14.5. The van der Waals surface area contributed by atoms with Crippen LogP contribution in [0.15, 0.2) is 54.7 Å².